The molecule has 0 atom stereocenters. The van der Waals surface area contributed by atoms with Crippen LogP contribution in [-0.2, 0) is 16.1 Å². The van der Waals surface area contributed by atoms with Gasteiger partial charge in [-0.3, -0.25) is 0 Å². The van der Waals surface area contributed by atoms with Crippen LogP contribution in [0.2, 0.25) is 0 Å². The number of benzene rings is 2. The summed E-state index contributed by atoms with van der Waals surface area (Å²) in [6.45, 7) is 0.0101. The lowest BCUT2D eigenvalue weighted by Gasteiger charge is -2.07. The second-order valence-corrected chi connectivity index (χ2v) is 4.68. The van der Waals surface area contributed by atoms with E-state index in [1.807, 2.05) is 0 Å². The topological polar surface area (TPSA) is 44.8 Å². The first-order valence-electron chi connectivity index (χ1n) is 6.93. The van der Waals surface area contributed by atoms with Crippen LogP contribution in [0, 0.1) is 5.82 Å². The van der Waals surface area contributed by atoms with E-state index in [-0.39, 0.29) is 12.4 Å². The first-order valence-corrected chi connectivity index (χ1v) is 6.93. The highest BCUT2D eigenvalue weighted by Gasteiger charge is 2.04. The second-order valence-electron chi connectivity index (χ2n) is 4.68. The van der Waals surface area contributed by atoms with Gasteiger partial charge < -0.3 is 14.2 Å². The van der Waals surface area contributed by atoms with Crippen LogP contribution < -0.4 is 9.47 Å². The van der Waals surface area contributed by atoms with Gasteiger partial charge in [-0.2, -0.15) is 0 Å². The third-order valence-corrected chi connectivity index (χ3v) is 3.11. The molecule has 0 saturated carbocycles. The Morgan fingerprint density at radius 3 is 2.65 bits per heavy atom. The van der Waals surface area contributed by atoms with E-state index in [0.717, 1.165) is 0 Å². The summed E-state index contributed by atoms with van der Waals surface area (Å²) in [5.74, 6) is 0.368. The fourth-order valence-corrected chi connectivity index (χ4v) is 1.96. The lowest BCUT2D eigenvalue weighted by molar-refractivity contribution is -0.138. The molecule has 0 aromatic heterocycles. The first-order chi connectivity index (χ1) is 11.1. The predicted molar refractivity (Wildman–Crippen MR) is 84.8 cm³/mol. The maximum atomic E-state index is 13.0. The molecule has 5 heteroatoms. The largest absolute Gasteiger partial charge is 0.497 e. The van der Waals surface area contributed by atoms with E-state index in [1.54, 1.807) is 50.6 Å². The molecular formula is C18H17FO4. The molecule has 2 rings (SSSR count). The molecule has 0 bridgehead atoms. The second kappa shape index (κ2) is 7.98. The molecule has 2 aromatic carbocycles. The Morgan fingerprint density at radius 1 is 1.13 bits per heavy atom. The van der Waals surface area contributed by atoms with Crippen LogP contribution >= 0.6 is 0 Å². The van der Waals surface area contributed by atoms with Crippen molar-refractivity contribution in [1.29, 1.82) is 0 Å². The molecule has 0 unspecified atom stereocenters. The molecule has 0 aliphatic carbocycles. The molecule has 23 heavy (non-hydrogen) atoms. The summed E-state index contributed by atoms with van der Waals surface area (Å²) >= 11 is 0. The van der Waals surface area contributed by atoms with E-state index in [4.69, 9.17) is 14.2 Å². The Morgan fingerprint density at radius 2 is 1.96 bits per heavy atom. The molecule has 0 N–H and O–H groups in total. The van der Waals surface area contributed by atoms with Crippen LogP contribution in [-0.4, -0.2) is 20.2 Å². The molecule has 0 fully saturated rings. The van der Waals surface area contributed by atoms with Crippen LogP contribution in [0.25, 0.3) is 6.08 Å². The average molecular weight is 316 g/mol. The standard InChI is InChI=1S/C18H17FO4/c1-21-16-7-8-17(22-2)14(11-16)6-9-18(20)23-12-13-4-3-5-15(19)10-13/h3-11H,12H2,1-2H3/b9-6+. The van der Waals surface area contributed by atoms with Gasteiger partial charge in [0.2, 0.25) is 0 Å². The van der Waals surface area contributed by atoms with Crippen LogP contribution in [0.4, 0.5) is 4.39 Å². The first kappa shape index (κ1) is 16.5. The van der Waals surface area contributed by atoms with Gasteiger partial charge in [0.1, 0.15) is 23.9 Å². The minimum atomic E-state index is -0.529. The van der Waals surface area contributed by atoms with Crippen molar-refractivity contribution in [2.24, 2.45) is 0 Å². The summed E-state index contributed by atoms with van der Waals surface area (Å²) in [5, 5.41) is 0. The molecule has 0 saturated heterocycles. The van der Waals surface area contributed by atoms with Gasteiger partial charge in [0.25, 0.3) is 0 Å². The number of halogens is 1. The minimum Gasteiger partial charge on any atom is -0.497 e. The van der Waals surface area contributed by atoms with Gasteiger partial charge >= 0.3 is 5.97 Å². The molecule has 0 heterocycles. The summed E-state index contributed by atoms with van der Waals surface area (Å²) in [5.41, 5.74) is 1.28. The van der Waals surface area contributed by atoms with Gasteiger partial charge in [-0.1, -0.05) is 12.1 Å². The summed E-state index contributed by atoms with van der Waals surface area (Å²) in [6, 6.07) is 11.2. The smallest absolute Gasteiger partial charge is 0.331 e. The normalized spacial score (nSPS) is 10.6. The van der Waals surface area contributed by atoms with Crippen molar-refractivity contribution in [3.05, 3.63) is 65.5 Å². The summed E-state index contributed by atoms with van der Waals surface area (Å²) in [4.78, 5) is 11.8. The van der Waals surface area contributed by atoms with Crippen LogP contribution in [0.3, 0.4) is 0 Å². The molecule has 0 aliphatic heterocycles. The van der Waals surface area contributed by atoms with Gasteiger partial charge in [0.15, 0.2) is 0 Å². The number of esters is 1. The highest BCUT2D eigenvalue weighted by atomic mass is 19.1. The number of rotatable bonds is 6. The Bertz CT molecular complexity index is 710. The summed E-state index contributed by atoms with van der Waals surface area (Å²) in [6.07, 6.45) is 2.87. The zero-order chi connectivity index (χ0) is 16.7. The van der Waals surface area contributed by atoms with Crippen molar-refractivity contribution in [3.63, 3.8) is 0 Å². The highest BCUT2D eigenvalue weighted by molar-refractivity contribution is 5.87. The number of hydrogen-bond donors (Lipinski definition) is 0. The fourth-order valence-electron chi connectivity index (χ4n) is 1.96. The molecule has 2 aromatic rings. The van der Waals surface area contributed by atoms with Crippen LogP contribution in [0.5, 0.6) is 11.5 Å². The average Bonchev–Trinajstić information content (AvgIpc) is 2.57. The van der Waals surface area contributed by atoms with Gasteiger partial charge in [-0.25, -0.2) is 9.18 Å². The van der Waals surface area contributed by atoms with Crippen molar-refractivity contribution in [2.75, 3.05) is 14.2 Å². The van der Waals surface area contributed by atoms with E-state index in [0.29, 0.717) is 22.6 Å². The Kier molecular flexibility index (Phi) is 5.74. The Balaban J connectivity index is 2.00. The summed E-state index contributed by atoms with van der Waals surface area (Å²) in [7, 11) is 3.10. The number of hydrogen-bond acceptors (Lipinski definition) is 4. The predicted octanol–water partition coefficient (Wildman–Crippen LogP) is 3.60. The molecular weight excluding hydrogens is 299 g/mol. The van der Waals surface area contributed by atoms with E-state index in [9.17, 15) is 9.18 Å². The number of carbonyl (C=O) groups is 1. The van der Waals surface area contributed by atoms with E-state index >= 15 is 0 Å². The quantitative estimate of drug-likeness (QED) is 0.603. The Hall–Kier alpha value is -2.82. The zero-order valence-electron chi connectivity index (χ0n) is 12.9. The highest BCUT2D eigenvalue weighted by Crippen LogP contribution is 2.25. The van der Waals surface area contributed by atoms with Crippen molar-refractivity contribution < 1.29 is 23.4 Å². The van der Waals surface area contributed by atoms with Crippen molar-refractivity contribution >= 4 is 12.0 Å². The molecule has 4 nitrogen and oxygen atoms in total. The molecule has 0 radical (unpaired) electrons. The summed E-state index contributed by atoms with van der Waals surface area (Å²) < 4.78 is 28.5. The van der Waals surface area contributed by atoms with E-state index in [2.05, 4.69) is 0 Å². The van der Waals surface area contributed by atoms with Gasteiger partial charge in [0.05, 0.1) is 14.2 Å². The van der Waals surface area contributed by atoms with Crippen molar-refractivity contribution in [2.45, 2.75) is 6.61 Å². The third kappa shape index (κ3) is 4.85. The third-order valence-electron chi connectivity index (χ3n) is 3.11. The van der Waals surface area contributed by atoms with Crippen LogP contribution in [0.1, 0.15) is 11.1 Å². The molecule has 120 valence electrons. The SMILES string of the molecule is COc1ccc(OC)c(/C=C/C(=O)OCc2cccc(F)c2)c1. The lowest BCUT2D eigenvalue weighted by atomic mass is 10.1. The van der Waals surface area contributed by atoms with Gasteiger partial charge in [-0.05, 0) is 42.0 Å². The Labute approximate surface area is 134 Å². The number of ether oxygens (including phenoxy) is 3. The van der Waals surface area contributed by atoms with Crippen molar-refractivity contribution in [3.8, 4) is 11.5 Å². The molecule has 0 aliphatic rings. The molecule has 0 spiro atoms. The van der Waals surface area contributed by atoms with Crippen LogP contribution in [0.15, 0.2) is 48.5 Å². The number of carbonyl (C=O) groups excluding carboxylic acids is 1. The lowest BCUT2D eigenvalue weighted by Crippen LogP contribution is -2.01. The zero-order valence-corrected chi connectivity index (χ0v) is 12.9. The minimum absolute atomic E-state index is 0.0101. The maximum absolute atomic E-state index is 13.0. The monoisotopic (exact) mass is 316 g/mol. The maximum Gasteiger partial charge on any atom is 0.331 e. The van der Waals surface area contributed by atoms with Crippen molar-refractivity contribution in [1.82, 2.24) is 0 Å². The van der Waals surface area contributed by atoms with E-state index < -0.39 is 5.97 Å². The molecule has 0 amide bonds. The fraction of sp³-hybridized carbons (Fsp3) is 0.167. The van der Waals surface area contributed by atoms with Gasteiger partial charge in [-0.15, -0.1) is 0 Å². The van der Waals surface area contributed by atoms with E-state index in [1.165, 1.54) is 18.2 Å². The van der Waals surface area contributed by atoms with Gasteiger partial charge in [0, 0.05) is 11.6 Å². The number of methoxy groups -OCH3 is 2.